The van der Waals surface area contributed by atoms with Crippen LogP contribution in [-0.4, -0.2) is 31.3 Å². The van der Waals surface area contributed by atoms with Crippen molar-refractivity contribution < 1.29 is 17.6 Å². The summed E-state index contributed by atoms with van der Waals surface area (Å²) in [7, 11) is -3.70. The molecule has 1 aromatic heterocycles. The molecule has 0 radical (unpaired) electrons. The molecule has 1 heterocycles. The predicted molar refractivity (Wildman–Crippen MR) is 132 cm³/mol. The van der Waals surface area contributed by atoms with E-state index in [0.717, 1.165) is 16.6 Å². The highest BCUT2D eigenvalue weighted by atomic mass is 32.2. The van der Waals surface area contributed by atoms with E-state index >= 15 is 0 Å². The van der Waals surface area contributed by atoms with Crippen molar-refractivity contribution in [2.24, 2.45) is 0 Å². The zero-order valence-corrected chi connectivity index (χ0v) is 19.8. The SMILES string of the molecule is Cc1ccccc1NC(=O)NCCS(=O)(=O)c1c(C)n(Cc2ccc(F)cc2)c2ccccc12. The Labute approximate surface area is 198 Å². The van der Waals surface area contributed by atoms with E-state index in [1.807, 2.05) is 41.8 Å². The first-order valence-corrected chi connectivity index (χ1v) is 12.6. The number of aryl methyl sites for hydroxylation is 1. The van der Waals surface area contributed by atoms with E-state index in [2.05, 4.69) is 10.6 Å². The van der Waals surface area contributed by atoms with Crippen LogP contribution < -0.4 is 10.6 Å². The highest BCUT2D eigenvalue weighted by molar-refractivity contribution is 7.91. The number of amides is 2. The maximum absolute atomic E-state index is 13.3. The van der Waals surface area contributed by atoms with Crippen molar-refractivity contribution in [2.75, 3.05) is 17.6 Å². The Morgan fingerprint density at radius 3 is 2.35 bits per heavy atom. The topological polar surface area (TPSA) is 80.2 Å². The van der Waals surface area contributed by atoms with Crippen LogP contribution in [0.2, 0.25) is 0 Å². The lowest BCUT2D eigenvalue weighted by Gasteiger charge is -2.11. The summed E-state index contributed by atoms with van der Waals surface area (Å²) in [4.78, 5) is 12.5. The number of carbonyl (C=O) groups excluding carboxylic acids is 1. The van der Waals surface area contributed by atoms with Gasteiger partial charge in [0.1, 0.15) is 5.82 Å². The van der Waals surface area contributed by atoms with Crippen molar-refractivity contribution in [2.45, 2.75) is 25.3 Å². The van der Waals surface area contributed by atoms with E-state index in [-0.39, 0.29) is 23.0 Å². The van der Waals surface area contributed by atoms with Gasteiger partial charge in [-0.15, -0.1) is 0 Å². The van der Waals surface area contributed by atoms with Crippen LogP contribution in [0.5, 0.6) is 0 Å². The van der Waals surface area contributed by atoms with Crippen LogP contribution in [0.1, 0.15) is 16.8 Å². The number of nitrogens with zero attached hydrogens (tertiary/aromatic N) is 1. The Hall–Kier alpha value is -3.65. The fourth-order valence-corrected chi connectivity index (χ4v) is 5.69. The molecule has 176 valence electrons. The van der Waals surface area contributed by atoms with Crippen LogP contribution in [0.4, 0.5) is 14.9 Å². The van der Waals surface area contributed by atoms with E-state index in [9.17, 15) is 17.6 Å². The van der Waals surface area contributed by atoms with E-state index in [4.69, 9.17) is 0 Å². The maximum atomic E-state index is 13.3. The Balaban J connectivity index is 1.54. The van der Waals surface area contributed by atoms with Gasteiger partial charge >= 0.3 is 6.03 Å². The van der Waals surface area contributed by atoms with Gasteiger partial charge in [-0.2, -0.15) is 0 Å². The molecule has 3 aromatic carbocycles. The summed E-state index contributed by atoms with van der Waals surface area (Å²) in [6, 6.07) is 20.4. The van der Waals surface area contributed by atoms with Crippen LogP contribution >= 0.6 is 0 Å². The smallest absolute Gasteiger partial charge is 0.319 e. The maximum Gasteiger partial charge on any atom is 0.319 e. The van der Waals surface area contributed by atoms with E-state index in [1.54, 1.807) is 37.3 Å². The number of anilines is 1. The minimum atomic E-state index is -3.70. The number of carbonyl (C=O) groups is 1. The molecule has 0 unspecified atom stereocenters. The quantitative estimate of drug-likeness (QED) is 0.390. The number of aromatic nitrogens is 1. The fraction of sp³-hybridized carbons (Fsp3) is 0.192. The number of sulfone groups is 1. The highest BCUT2D eigenvalue weighted by Gasteiger charge is 2.25. The monoisotopic (exact) mass is 479 g/mol. The number of benzene rings is 3. The lowest BCUT2D eigenvalue weighted by molar-refractivity contribution is 0.252. The lowest BCUT2D eigenvalue weighted by atomic mass is 10.2. The minimum absolute atomic E-state index is 0.0308. The molecular formula is C26H26FN3O3S. The molecule has 0 saturated carbocycles. The highest BCUT2D eigenvalue weighted by Crippen LogP contribution is 2.31. The van der Waals surface area contributed by atoms with Gasteiger partial charge in [0.15, 0.2) is 9.84 Å². The Kier molecular flexibility index (Phi) is 6.70. The average molecular weight is 480 g/mol. The predicted octanol–water partition coefficient (Wildman–Crippen LogP) is 5.04. The van der Waals surface area contributed by atoms with Gasteiger partial charge in [-0.05, 0) is 49.2 Å². The summed E-state index contributed by atoms with van der Waals surface area (Å²) in [6.07, 6.45) is 0. The number of para-hydroxylation sites is 2. The summed E-state index contributed by atoms with van der Waals surface area (Å²) in [6.45, 7) is 4.04. The van der Waals surface area contributed by atoms with Crippen LogP contribution in [0.25, 0.3) is 10.9 Å². The van der Waals surface area contributed by atoms with Gasteiger partial charge in [-0.3, -0.25) is 0 Å². The Morgan fingerprint density at radius 2 is 1.62 bits per heavy atom. The van der Waals surface area contributed by atoms with Crippen molar-refractivity contribution in [1.29, 1.82) is 0 Å². The molecule has 6 nitrogen and oxygen atoms in total. The summed E-state index contributed by atoms with van der Waals surface area (Å²) in [5, 5.41) is 6.00. The molecule has 0 spiro atoms. The molecule has 0 saturated heterocycles. The van der Waals surface area contributed by atoms with Gasteiger partial charge in [0, 0.05) is 35.4 Å². The molecule has 2 N–H and O–H groups in total. The van der Waals surface area contributed by atoms with E-state index in [0.29, 0.717) is 23.3 Å². The standard InChI is InChI=1S/C26H26FN3O3S/c1-18-7-3-5-9-23(18)29-26(31)28-15-16-34(32,33)25-19(2)30(24-10-6-4-8-22(24)25)17-20-11-13-21(27)14-12-20/h3-14H,15-17H2,1-2H3,(H2,28,29,31). The summed E-state index contributed by atoms with van der Waals surface area (Å²) in [5.41, 5.74) is 3.84. The van der Waals surface area contributed by atoms with E-state index < -0.39 is 15.9 Å². The number of fused-ring (bicyclic) bond motifs is 1. The second-order valence-corrected chi connectivity index (χ2v) is 10.2. The van der Waals surface area contributed by atoms with Crippen molar-refractivity contribution in [3.63, 3.8) is 0 Å². The second-order valence-electron chi connectivity index (χ2n) is 8.16. The molecule has 0 aliphatic rings. The second kappa shape index (κ2) is 9.69. The number of hydrogen-bond acceptors (Lipinski definition) is 3. The van der Waals surface area contributed by atoms with Crippen LogP contribution in [0, 0.1) is 19.7 Å². The summed E-state index contributed by atoms with van der Waals surface area (Å²) >= 11 is 0. The zero-order chi connectivity index (χ0) is 24.3. The molecule has 34 heavy (non-hydrogen) atoms. The molecule has 0 bridgehead atoms. The zero-order valence-electron chi connectivity index (χ0n) is 19.0. The first kappa shape index (κ1) is 23.5. The normalized spacial score (nSPS) is 11.5. The van der Waals surface area contributed by atoms with Crippen molar-refractivity contribution in [3.8, 4) is 0 Å². The molecule has 0 aliphatic carbocycles. The minimum Gasteiger partial charge on any atom is -0.339 e. The number of rotatable bonds is 7. The molecule has 0 fully saturated rings. The third-order valence-electron chi connectivity index (χ3n) is 5.79. The average Bonchev–Trinajstić information content (AvgIpc) is 3.09. The molecule has 4 aromatic rings. The van der Waals surface area contributed by atoms with Crippen molar-refractivity contribution in [1.82, 2.24) is 9.88 Å². The molecule has 2 amide bonds. The van der Waals surface area contributed by atoms with Crippen molar-refractivity contribution in [3.05, 3.63) is 95.4 Å². The number of hydrogen-bond donors (Lipinski definition) is 2. The van der Waals surface area contributed by atoms with Gasteiger partial charge < -0.3 is 15.2 Å². The van der Waals surface area contributed by atoms with Crippen LogP contribution in [-0.2, 0) is 16.4 Å². The Morgan fingerprint density at radius 1 is 0.941 bits per heavy atom. The van der Waals surface area contributed by atoms with Gasteiger partial charge in [0.2, 0.25) is 0 Å². The van der Waals surface area contributed by atoms with Gasteiger partial charge in [-0.1, -0.05) is 48.5 Å². The van der Waals surface area contributed by atoms with E-state index in [1.165, 1.54) is 12.1 Å². The molecule has 8 heteroatoms. The Bertz CT molecular complexity index is 1440. The largest absolute Gasteiger partial charge is 0.339 e. The third kappa shape index (κ3) is 4.97. The number of halogens is 1. The first-order chi connectivity index (χ1) is 16.3. The van der Waals surface area contributed by atoms with Crippen LogP contribution in [0.3, 0.4) is 0 Å². The third-order valence-corrected chi connectivity index (χ3v) is 7.67. The summed E-state index contributed by atoms with van der Waals surface area (Å²) in [5.74, 6) is -0.556. The van der Waals surface area contributed by atoms with Gasteiger partial charge in [0.25, 0.3) is 0 Å². The van der Waals surface area contributed by atoms with Gasteiger partial charge in [-0.25, -0.2) is 17.6 Å². The van der Waals surface area contributed by atoms with Crippen LogP contribution in [0.15, 0.2) is 77.7 Å². The first-order valence-electron chi connectivity index (χ1n) is 10.9. The molecule has 4 rings (SSSR count). The molecular weight excluding hydrogens is 453 g/mol. The summed E-state index contributed by atoms with van der Waals surface area (Å²) < 4.78 is 41.9. The molecule has 0 atom stereocenters. The molecule has 0 aliphatic heterocycles. The van der Waals surface area contributed by atoms with Crippen molar-refractivity contribution >= 4 is 32.5 Å². The lowest BCUT2D eigenvalue weighted by Crippen LogP contribution is -2.33. The number of nitrogens with one attached hydrogen (secondary N) is 2. The fourth-order valence-electron chi connectivity index (χ4n) is 4.05. The number of urea groups is 1. The van der Waals surface area contributed by atoms with Gasteiger partial charge in [0.05, 0.1) is 10.6 Å².